The van der Waals surface area contributed by atoms with Gasteiger partial charge in [0.1, 0.15) is 12.4 Å². The number of aromatic nitrogens is 1. The molecule has 0 aliphatic carbocycles. The van der Waals surface area contributed by atoms with Gasteiger partial charge in [-0.15, -0.1) is 0 Å². The summed E-state index contributed by atoms with van der Waals surface area (Å²) >= 11 is 0. The first-order chi connectivity index (χ1) is 7.72. The number of hydrogen-bond donors (Lipinski definition) is 2. The van der Waals surface area contributed by atoms with E-state index in [-0.39, 0.29) is 0 Å². The minimum Gasteiger partial charge on any atom is -0.489 e. The molecule has 0 saturated heterocycles. The lowest BCUT2D eigenvalue weighted by atomic mass is 10.3. The van der Waals surface area contributed by atoms with Gasteiger partial charge >= 0.3 is 0 Å². The van der Waals surface area contributed by atoms with Gasteiger partial charge in [-0.3, -0.25) is 4.98 Å². The Morgan fingerprint density at radius 1 is 1.50 bits per heavy atom. The summed E-state index contributed by atoms with van der Waals surface area (Å²) < 4.78 is 5.32. The lowest BCUT2D eigenvalue weighted by Crippen LogP contribution is -2.15. The Morgan fingerprint density at radius 2 is 2.31 bits per heavy atom. The van der Waals surface area contributed by atoms with Crippen molar-refractivity contribution in [3.05, 3.63) is 24.0 Å². The van der Waals surface area contributed by atoms with Gasteiger partial charge < -0.3 is 15.2 Å². The zero-order chi connectivity index (χ0) is 11.8. The van der Waals surface area contributed by atoms with Crippen molar-refractivity contribution < 1.29 is 9.84 Å². The molecule has 0 amide bonds. The fourth-order valence-electron chi connectivity index (χ4n) is 1.21. The third-order valence-corrected chi connectivity index (χ3v) is 2.02. The van der Waals surface area contributed by atoms with Crippen LogP contribution in [0.5, 0.6) is 5.75 Å². The van der Waals surface area contributed by atoms with Gasteiger partial charge in [0.15, 0.2) is 0 Å². The maximum Gasteiger partial charge on any atom is 0.137 e. The number of aliphatic hydroxyl groups excluding tert-OH is 1. The Hall–Kier alpha value is -1.13. The van der Waals surface area contributed by atoms with Crippen LogP contribution in [0, 0.1) is 0 Å². The average Bonchev–Trinajstić information content (AvgIpc) is 2.28. The van der Waals surface area contributed by atoms with Crippen LogP contribution in [0.15, 0.2) is 18.3 Å². The maximum atomic E-state index is 9.06. The Bertz CT molecular complexity index is 286. The second-order valence-corrected chi connectivity index (χ2v) is 3.82. The summed E-state index contributed by atoms with van der Waals surface area (Å²) in [5.74, 6) is 0.695. The highest BCUT2D eigenvalue weighted by Crippen LogP contribution is 2.09. The summed E-state index contributed by atoms with van der Waals surface area (Å²) in [6.45, 7) is 5.91. The minimum absolute atomic E-state index is 0.301. The summed E-state index contributed by atoms with van der Waals surface area (Å²) in [5.41, 5.74) is 0.998. The highest BCUT2D eigenvalue weighted by Gasteiger charge is 1.99. The zero-order valence-corrected chi connectivity index (χ0v) is 9.94. The fourth-order valence-corrected chi connectivity index (χ4v) is 1.21. The summed E-state index contributed by atoms with van der Waals surface area (Å²) in [6.07, 6.45) is 2.35. The number of nitrogens with zero attached hydrogens (tertiary/aromatic N) is 1. The topological polar surface area (TPSA) is 54.4 Å². The molecule has 90 valence electrons. The number of aliphatic hydroxyl groups is 1. The number of pyridine rings is 1. The first-order valence-corrected chi connectivity index (χ1v) is 5.69. The van der Waals surface area contributed by atoms with Gasteiger partial charge in [0, 0.05) is 6.54 Å². The zero-order valence-electron chi connectivity index (χ0n) is 9.94. The Morgan fingerprint density at radius 3 is 2.88 bits per heavy atom. The second kappa shape index (κ2) is 7.19. The van der Waals surface area contributed by atoms with E-state index in [9.17, 15) is 0 Å². The summed E-state index contributed by atoms with van der Waals surface area (Å²) in [4.78, 5) is 4.26. The lowest BCUT2D eigenvalue weighted by Gasteiger charge is -2.08. The molecule has 0 saturated carbocycles. The van der Waals surface area contributed by atoms with E-state index >= 15 is 0 Å². The molecule has 1 rings (SSSR count). The highest BCUT2D eigenvalue weighted by molar-refractivity contribution is 5.19. The van der Waals surface area contributed by atoms with Crippen molar-refractivity contribution in [1.29, 1.82) is 0 Å². The van der Waals surface area contributed by atoms with Gasteiger partial charge in [-0.2, -0.15) is 0 Å². The van der Waals surface area contributed by atoms with Crippen LogP contribution >= 0.6 is 0 Å². The van der Waals surface area contributed by atoms with Crippen LogP contribution in [0.1, 0.15) is 26.0 Å². The molecule has 1 aromatic heterocycles. The Labute approximate surface area is 96.7 Å². The van der Waals surface area contributed by atoms with Gasteiger partial charge in [-0.1, -0.05) is 6.92 Å². The van der Waals surface area contributed by atoms with Gasteiger partial charge in [0.05, 0.1) is 18.0 Å². The number of rotatable bonds is 7. The van der Waals surface area contributed by atoms with Crippen LogP contribution in [-0.4, -0.2) is 29.3 Å². The first kappa shape index (κ1) is 12.9. The van der Waals surface area contributed by atoms with Crippen LogP contribution in [0.2, 0.25) is 0 Å². The van der Waals surface area contributed by atoms with Gasteiger partial charge in [-0.05, 0) is 32.0 Å². The SMILES string of the molecule is CCCNCc1ccc(OCC(C)O)cn1. The summed E-state index contributed by atoms with van der Waals surface area (Å²) in [7, 11) is 0. The van der Waals surface area contributed by atoms with E-state index in [0.29, 0.717) is 12.4 Å². The second-order valence-electron chi connectivity index (χ2n) is 3.82. The molecule has 1 heterocycles. The van der Waals surface area contributed by atoms with Gasteiger partial charge in [0.2, 0.25) is 0 Å². The van der Waals surface area contributed by atoms with Gasteiger partial charge in [0.25, 0.3) is 0 Å². The molecule has 0 fully saturated rings. The molecule has 0 bridgehead atoms. The fraction of sp³-hybridized carbons (Fsp3) is 0.583. The summed E-state index contributed by atoms with van der Waals surface area (Å²) in [6, 6.07) is 3.80. The van der Waals surface area contributed by atoms with Crippen LogP contribution in [0.25, 0.3) is 0 Å². The molecule has 1 aromatic rings. The monoisotopic (exact) mass is 224 g/mol. The Kier molecular flexibility index (Phi) is 5.82. The molecular formula is C12H20N2O2. The molecule has 4 nitrogen and oxygen atoms in total. The normalized spacial score (nSPS) is 12.4. The van der Waals surface area contributed by atoms with E-state index in [1.54, 1.807) is 13.1 Å². The van der Waals surface area contributed by atoms with Crippen molar-refractivity contribution in [2.75, 3.05) is 13.2 Å². The molecule has 16 heavy (non-hydrogen) atoms. The predicted octanol–water partition coefficient (Wildman–Crippen LogP) is 1.34. The smallest absolute Gasteiger partial charge is 0.137 e. The van der Waals surface area contributed by atoms with Crippen LogP contribution in [0.3, 0.4) is 0 Å². The standard InChI is InChI=1S/C12H20N2O2/c1-3-6-13-7-11-4-5-12(8-14-11)16-9-10(2)15/h4-5,8,10,13,15H,3,6-7,9H2,1-2H3. The molecule has 0 aliphatic heterocycles. The first-order valence-electron chi connectivity index (χ1n) is 5.69. The molecule has 1 atom stereocenters. The molecule has 0 radical (unpaired) electrons. The van der Waals surface area contributed by atoms with Crippen LogP contribution in [-0.2, 0) is 6.54 Å². The van der Waals surface area contributed by atoms with E-state index in [0.717, 1.165) is 25.2 Å². The van der Waals surface area contributed by atoms with Crippen molar-refractivity contribution >= 4 is 0 Å². The van der Waals surface area contributed by atoms with Crippen molar-refractivity contribution in [1.82, 2.24) is 10.3 Å². The van der Waals surface area contributed by atoms with Crippen molar-refractivity contribution in [2.24, 2.45) is 0 Å². The van der Waals surface area contributed by atoms with E-state index < -0.39 is 6.10 Å². The van der Waals surface area contributed by atoms with E-state index in [1.165, 1.54) is 0 Å². The minimum atomic E-state index is -0.453. The third kappa shape index (κ3) is 5.09. The molecule has 4 heteroatoms. The average molecular weight is 224 g/mol. The maximum absolute atomic E-state index is 9.06. The van der Waals surface area contributed by atoms with Crippen LogP contribution < -0.4 is 10.1 Å². The number of hydrogen-bond acceptors (Lipinski definition) is 4. The predicted molar refractivity (Wildman–Crippen MR) is 63.4 cm³/mol. The molecular weight excluding hydrogens is 204 g/mol. The Balaban J connectivity index is 2.35. The third-order valence-electron chi connectivity index (χ3n) is 2.02. The van der Waals surface area contributed by atoms with E-state index in [2.05, 4.69) is 17.2 Å². The van der Waals surface area contributed by atoms with Crippen molar-refractivity contribution in [2.45, 2.75) is 32.9 Å². The van der Waals surface area contributed by atoms with E-state index in [1.807, 2.05) is 12.1 Å². The number of ether oxygens (including phenoxy) is 1. The number of nitrogens with one attached hydrogen (secondary N) is 1. The molecule has 0 aliphatic rings. The van der Waals surface area contributed by atoms with Gasteiger partial charge in [-0.25, -0.2) is 0 Å². The molecule has 1 unspecified atom stereocenters. The molecule has 0 aromatic carbocycles. The van der Waals surface area contributed by atoms with Crippen LogP contribution in [0.4, 0.5) is 0 Å². The summed E-state index contributed by atoms with van der Waals surface area (Å²) in [5, 5.41) is 12.3. The largest absolute Gasteiger partial charge is 0.489 e. The highest BCUT2D eigenvalue weighted by atomic mass is 16.5. The molecule has 2 N–H and O–H groups in total. The quantitative estimate of drug-likeness (QED) is 0.686. The molecule has 0 spiro atoms. The van der Waals surface area contributed by atoms with Crippen molar-refractivity contribution in [3.8, 4) is 5.75 Å². The lowest BCUT2D eigenvalue weighted by molar-refractivity contribution is 0.122. The van der Waals surface area contributed by atoms with E-state index in [4.69, 9.17) is 9.84 Å². The van der Waals surface area contributed by atoms with Crippen molar-refractivity contribution in [3.63, 3.8) is 0 Å².